The smallest absolute Gasteiger partial charge is 0.222 e. The third kappa shape index (κ3) is 3.60. The molecule has 0 aliphatic rings. The Hall–Kier alpha value is -3.58. The molecule has 1 atom stereocenters. The summed E-state index contributed by atoms with van der Waals surface area (Å²) in [5.41, 5.74) is 7.84. The van der Waals surface area contributed by atoms with Crippen LogP contribution in [0.15, 0.2) is 47.3 Å². The Balaban J connectivity index is 1.86. The lowest BCUT2D eigenvalue weighted by molar-refractivity contribution is 0.629. The molecule has 4 rings (SSSR count). The van der Waals surface area contributed by atoms with Gasteiger partial charge in [0, 0.05) is 16.7 Å². The molecular weight excluding hydrogens is 439 g/mol. The third-order valence-electron chi connectivity index (χ3n) is 4.26. The van der Waals surface area contributed by atoms with E-state index in [-0.39, 0.29) is 17.3 Å². The molecule has 0 spiro atoms. The van der Waals surface area contributed by atoms with Crippen molar-refractivity contribution in [1.29, 1.82) is 5.26 Å². The zero-order chi connectivity index (χ0) is 20.5. The third-order valence-corrected chi connectivity index (χ3v) is 4.69. The highest BCUT2D eigenvalue weighted by Gasteiger charge is 2.20. The molecule has 0 bridgehead atoms. The van der Waals surface area contributed by atoms with Crippen molar-refractivity contribution in [2.75, 3.05) is 11.1 Å². The molecule has 144 valence electrons. The van der Waals surface area contributed by atoms with Gasteiger partial charge in [-0.15, -0.1) is 0 Å². The fourth-order valence-corrected chi connectivity index (χ4v) is 3.36. The summed E-state index contributed by atoms with van der Waals surface area (Å²) in [5, 5.41) is 12.5. The molecular formula is C19H14BrFN8. The van der Waals surface area contributed by atoms with Crippen LogP contribution >= 0.6 is 15.9 Å². The molecule has 8 nitrogen and oxygen atoms in total. The highest BCUT2D eigenvalue weighted by atomic mass is 79.9. The molecule has 0 saturated carbocycles. The van der Waals surface area contributed by atoms with Crippen LogP contribution < -0.4 is 11.1 Å². The zero-order valence-electron chi connectivity index (χ0n) is 15.1. The van der Waals surface area contributed by atoms with E-state index in [1.807, 2.05) is 23.6 Å². The second-order valence-corrected chi connectivity index (χ2v) is 7.18. The molecule has 0 aliphatic heterocycles. The predicted molar refractivity (Wildman–Crippen MR) is 110 cm³/mol. The molecule has 0 amide bonds. The van der Waals surface area contributed by atoms with Crippen LogP contribution in [0.4, 0.5) is 16.2 Å². The average Bonchev–Trinajstić information content (AvgIpc) is 3.07. The Labute approximate surface area is 173 Å². The van der Waals surface area contributed by atoms with Crippen molar-refractivity contribution in [3.63, 3.8) is 0 Å². The number of aromatic nitrogens is 5. The van der Waals surface area contributed by atoms with Gasteiger partial charge in [-0.1, -0.05) is 0 Å². The van der Waals surface area contributed by atoms with Gasteiger partial charge in [0.25, 0.3) is 0 Å². The molecule has 3 aromatic heterocycles. The highest BCUT2D eigenvalue weighted by molar-refractivity contribution is 9.10. The van der Waals surface area contributed by atoms with E-state index in [0.29, 0.717) is 28.4 Å². The quantitative estimate of drug-likeness (QED) is 0.483. The van der Waals surface area contributed by atoms with Gasteiger partial charge in [0.2, 0.25) is 5.95 Å². The van der Waals surface area contributed by atoms with Crippen molar-refractivity contribution in [2.24, 2.45) is 0 Å². The Morgan fingerprint density at radius 1 is 1.24 bits per heavy atom. The van der Waals surface area contributed by atoms with Gasteiger partial charge in [-0.3, -0.25) is 9.55 Å². The molecule has 1 aromatic carbocycles. The van der Waals surface area contributed by atoms with Gasteiger partial charge in [0.05, 0.1) is 35.2 Å². The lowest BCUT2D eigenvalue weighted by atomic mass is 10.2. The van der Waals surface area contributed by atoms with E-state index >= 15 is 0 Å². The van der Waals surface area contributed by atoms with E-state index in [2.05, 4.69) is 41.2 Å². The minimum Gasteiger partial charge on any atom is -0.368 e. The van der Waals surface area contributed by atoms with Crippen LogP contribution in [0.5, 0.6) is 0 Å². The number of rotatable bonds is 4. The molecule has 3 heterocycles. The summed E-state index contributed by atoms with van der Waals surface area (Å²) >= 11 is 3.42. The number of fused-ring (bicyclic) bond motifs is 1. The molecule has 0 radical (unpaired) electrons. The maximum atomic E-state index is 14.0. The lowest BCUT2D eigenvalue weighted by Gasteiger charge is -2.17. The van der Waals surface area contributed by atoms with Crippen molar-refractivity contribution < 1.29 is 4.39 Å². The summed E-state index contributed by atoms with van der Waals surface area (Å²) in [4.78, 5) is 16.8. The number of nitrogens with two attached hydrogens (primary N) is 1. The van der Waals surface area contributed by atoms with E-state index in [1.54, 1.807) is 18.5 Å². The zero-order valence-corrected chi connectivity index (χ0v) is 16.7. The Morgan fingerprint density at radius 2 is 2.07 bits per heavy atom. The second kappa shape index (κ2) is 7.44. The molecule has 10 heteroatoms. The van der Waals surface area contributed by atoms with Gasteiger partial charge < -0.3 is 11.1 Å². The summed E-state index contributed by atoms with van der Waals surface area (Å²) in [7, 11) is 0. The van der Waals surface area contributed by atoms with Crippen LogP contribution in [0.2, 0.25) is 0 Å². The van der Waals surface area contributed by atoms with Crippen molar-refractivity contribution >= 4 is 38.7 Å². The maximum Gasteiger partial charge on any atom is 0.222 e. The number of benzene rings is 1. The van der Waals surface area contributed by atoms with Crippen molar-refractivity contribution in [1.82, 2.24) is 24.5 Å². The van der Waals surface area contributed by atoms with E-state index in [0.717, 1.165) is 4.47 Å². The van der Waals surface area contributed by atoms with Crippen molar-refractivity contribution in [2.45, 2.75) is 13.0 Å². The number of anilines is 2. The Morgan fingerprint density at radius 3 is 2.83 bits per heavy atom. The number of nitrogen functional groups attached to an aromatic ring is 1. The van der Waals surface area contributed by atoms with Crippen LogP contribution in [-0.2, 0) is 0 Å². The van der Waals surface area contributed by atoms with Crippen LogP contribution in [0, 0.1) is 17.1 Å². The van der Waals surface area contributed by atoms with Crippen LogP contribution in [0.1, 0.15) is 24.4 Å². The summed E-state index contributed by atoms with van der Waals surface area (Å²) in [6.07, 6.45) is 4.68. The van der Waals surface area contributed by atoms with Gasteiger partial charge >= 0.3 is 0 Å². The molecule has 4 aromatic rings. The summed E-state index contributed by atoms with van der Waals surface area (Å²) in [6, 6.07) is 7.89. The van der Waals surface area contributed by atoms with Gasteiger partial charge in [0.1, 0.15) is 29.1 Å². The SMILES string of the molecule is CC(Nc1nc(N)ncc1C#N)c1nc2ccc(F)cc2n1-c1cncc(Br)c1. The largest absolute Gasteiger partial charge is 0.368 e. The predicted octanol–water partition coefficient (Wildman–Crippen LogP) is 3.74. The molecule has 0 fully saturated rings. The monoisotopic (exact) mass is 452 g/mol. The first-order valence-electron chi connectivity index (χ1n) is 8.54. The number of nitriles is 1. The number of pyridine rings is 1. The molecule has 0 aliphatic carbocycles. The first kappa shape index (κ1) is 18.8. The summed E-state index contributed by atoms with van der Waals surface area (Å²) in [5.74, 6) is 0.561. The Bertz CT molecular complexity index is 1260. The fourth-order valence-electron chi connectivity index (χ4n) is 3.01. The fraction of sp³-hybridized carbons (Fsp3) is 0.105. The second-order valence-electron chi connectivity index (χ2n) is 6.27. The van der Waals surface area contributed by atoms with E-state index in [4.69, 9.17) is 5.73 Å². The number of hydrogen-bond donors (Lipinski definition) is 2. The van der Waals surface area contributed by atoms with Gasteiger partial charge in [0.15, 0.2) is 0 Å². The van der Waals surface area contributed by atoms with Crippen LogP contribution in [0.3, 0.4) is 0 Å². The number of hydrogen-bond acceptors (Lipinski definition) is 7. The van der Waals surface area contributed by atoms with Crippen molar-refractivity contribution in [3.8, 4) is 11.8 Å². The first-order valence-corrected chi connectivity index (χ1v) is 9.33. The number of halogens is 2. The molecule has 0 saturated heterocycles. The molecule has 3 N–H and O–H groups in total. The lowest BCUT2D eigenvalue weighted by Crippen LogP contribution is -2.15. The van der Waals surface area contributed by atoms with Crippen LogP contribution in [-0.4, -0.2) is 24.5 Å². The number of nitrogens with zero attached hydrogens (tertiary/aromatic N) is 6. The summed E-state index contributed by atoms with van der Waals surface area (Å²) < 4.78 is 16.5. The van der Waals surface area contributed by atoms with E-state index in [1.165, 1.54) is 18.3 Å². The minimum atomic E-state index is -0.397. The Kier molecular flexibility index (Phi) is 4.82. The first-order chi connectivity index (χ1) is 14.0. The van der Waals surface area contributed by atoms with Gasteiger partial charge in [-0.05, 0) is 41.1 Å². The van der Waals surface area contributed by atoms with E-state index < -0.39 is 6.04 Å². The van der Waals surface area contributed by atoms with Crippen molar-refractivity contribution in [3.05, 3.63) is 64.5 Å². The standard InChI is InChI=1S/C19H14BrFN8/c1-10(26-17-11(6-22)7-25-19(23)28-17)18-27-15-3-2-13(21)5-16(15)29(18)14-4-12(20)8-24-9-14/h2-5,7-10H,1H3,(H3,23,25,26,28). The highest BCUT2D eigenvalue weighted by Crippen LogP contribution is 2.29. The van der Waals surface area contributed by atoms with Gasteiger partial charge in [-0.25, -0.2) is 14.4 Å². The van der Waals surface area contributed by atoms with Crippen LogP contribution in [0.25, 0.3) is 16.7 Å². The van der Waals surface area contributed by atoms with E-state index in [9.17, 15) is 9.65 Å². The number of imidazole rings is 1. The average molecular weight is 453 g/mol. The molecule has 1 unspecified atom stereocenters. The maximum absolute atomic E-state index is 14.0. The normalized spacial score (nSPS) is 11.9. The van der Waals surface area contributed by atoms with Gasteiger partial charge in [-0.2, -0.15) is 10.2 Å². The topological polar surface area (TPSA) is 118 Å². The minimum absolute atomic E-state index is 0.0467. The molecule has 29 heavy (non-hydrogen) atoms. The summed E-state index contributed by atoms with van der Waals surface area (Å²) in [6.45, 7) is 1.86. The number of nitrogens with one attached hydrogen (secondary N) is 1.